The number of phenols is 1. The Bertz CT molecular complexity index is 512. The van der Waals surface area contributed by atoms with E-state index >= 15 is 0 Å². The molecule has 1 aliphatic carbocycles. The number of hydrogen-bond donors (Lipinski definition) is 2. The zero-order chi connectivity index (χ0) is 14.2. The highest BCUT2D eigenvalue weighted by molar-refractivity contribution is 5.57. The number of phenolic OH excluding ortho intramolecular Hbond substituents is 1. The third-order valence-electron chi connectivity index (χ3n) is 4.21. The number of ether oxygens (including phenoxy) is 2. The maximum absolute atomic E-state index is 14.0. The molecule has 0 bridgehead atoms. The van der Waals surface area contributed by atoms with Crippen LogP contribution in [0.3, 0.4) is 0 Å². The molecule has 110 valence electrons. The van der Waals surface area contributed by atoms with Crippen molar-refractivity contribution >= 4 is 0 Å². The van der Waals surface area contributed by atoms with Gasteiger partial charge in [-0.1, -0.05) is 19.3 Å². The number of rotatable bonds is 1. The highest BCUT2D eigenvalue weighted by atomic mass is 19.1. The van der Waals surface area contributed by atoms with Gasteiger partial charge in [-0.15, -0.1) is 0 Å². The van der Waals surface area contributed by atoms with Gasteiger partial charge in [0.2, 0.25) is 0 Å². The Morgan fingerprint density at radius 1 is 1.10 bits per heavy atom. The minimum atomic E-state index is -0.734. The summed E-state index contributed by atoms with van der Waals surface area (Å²) in [6.07, 6.45) is 5.24. The molecule has 5 heteroatoms. The third kappa shape index (κ3) is 2.20. The second-order valence-corrected chi connectivity index (χ2v) is 5.68. The number of benzene rings is 1. The number of fused-ring (bicyclic) bond motifs is 1. The second kappa shape index (κ2) is 5.13. The van der Waals surface area contributed by atoms with E-state index in [-0.39, 0.29) is 0 Å². The van der Waals surface area contributed by atoms with E-state index in [0.29, 0.717) is 30.3 Å². The molecule has 0 amide bonds. The van der Waals surface area contributed by atoms with Gasteiger partial charge in [-0.25, -0.2) is 4.39 Å². The average Bonchev–Trinajstić information content (AvgIpc) is 2.65. The van der Waals surface area contributed by atoms with Gasteiger partial charge in [0, 0.05) is 18.0 Å². The predicted molar refractivity (Wildman–Crippen MR) is 72.6 cm³/mol. The summed E-state index contributed by atoms with van der Waals surface area (Å²) in [7, 11) is 0. The van der Waals surface area contributed by atoms with Crippen LogP contribution >= 0.6 is 0 Å². The summed E-state index contributed by atoms with van der Waals surface area (Å²) < 4.78 is 25.2. The molecule has 3 rings (SSSR count). The smallest absolute Gasteiger partial charge is 0.170 e. The van der Waals surface area contributed by atoms with Crippen LogP contribution in [0.1, 0.15) is 44.1 Å². The Morgan fingerprint density at radius 2 is 1.80 bits per heavy atom. The minimum absolute atomic E-state index is 0.350. The SMILES string of the molecule is NC1(c2c(O)c(F)cc3c2OCCCO3)CCCCC1. The summed E-state index contributed by atoms with van der Waals surface area (Å²) in [5, 5.41) is 10.2. The Labute approximate surface area is 117 Å². The molecule has 1 heterocycles. The van der Waals surface area contributed by atoms with Crippen molar-refractivity contribution in [3.05, 3.63) is 17.4 Å². The fourth-order valence-corrected chi connectivity index (χ4v) is 3.16. The van der Waals surface area contributed by atoms with Crippen molar-refractivity contribution in [2.24, 2.45) is 5.73 Å². The second-order valence-electron chi connectivity index (χ2n) is 5.68. The number of hydrogen-bond acceptors (Lipinski definition) is 4. The van der Waals surface area contributed by atoms with Crippen molar-refractivity contribution in [3.63, 3.8) is 0 Å². The lowest BCUT2D eigenvalue weighted by Crippen LogP contribution is -2.39. The topological polar surface area (TPSA) is 64.7 Å². The largest absolute Gasteiger partial charge is 0.504 e. The molecule has 20 heavy (non-hydrogen) atoms. The maximum atomic E-state index is 14.0. The highest BCUT2D eigenvalue weighted by Crippen LogP contribution is 2.49. The Balaban J connectivity index is 2.14. The molecule has 3 N–H and O–H groups in total. The van der Waals surface area contributed by atoms with Gasteiger partial charge in [-0.2, -0.15) is 0 Å². The lowest BCUT2D eigenvalue weighted by atomic mass is 9.76. The van der Waals surface area contributed by atoms with E-state index in [2.05, 4.69) is 0 Å². The van der Waals surface area contributed by atoms with Crippen LogP contribution in [-0.4, -0.2) is 18.3 Å². The zero-order valence-electron chi connectivity index (χ0n) is 11.5. The number of halogens is 1. The number of aromatic hydroxyl groups is 1. The summed E-state index contributed by atoms with van der Waals surface area (Å²) >= 11 is 0. The standard InChI is InChI=1S/C15H20FNO3/c16-10-9-11-14(20-8-4-7-19-11)12(13(10)18)15(17)5-2-1-3-6-15/h9,18H,1-8,17H2. The van der Waals surface area contributed by atoms with Gasteiger partial charge in [-0.3, -0.25) is 0 Å². The summed E-state index contributed by atoms with van der Waals surface area (Å²) in [6.45, 7) is 0.968. The summed E-state index contributed by atoms with van der Waals surface area (Å²) in [5.41, 5.74) is 6.11. The van der Waals surface area contributed by atoms with Crippen molar-refractivity contribution in [2.75, 3.05) is 13.2 Å². The van der Waals surface area contributed by atoms with E-state index < -0.39 is 17.1 Å². The maximum Gasteiger partial charge on any atom is 0.170 e. The fourth-order valence-electron chi connectivity index (χ4n) is 3.16. The van der Waals surface area contributed by atoms with Crippen molar-refractivity contribution in [1.29, 1.82) is 0 Å². The molecule has 1 aromatic carbocycles. The Kier molecular flexibility index (Phi) is 3.46. The molecule has 1 saturated carbocycles. The van der Waals surface area contributed by atoms with Gasteiger partial charge >= 0.3 is 0 Å². The first-order valence-electron chi connectivity index (χ1n) is 7.22. The molecule has 0 spiro atoms. The molecule has 1 aliphatic heterocycles. The van der Waals surface area contributed by atoms with Crippen LogP contribution in [0.4, 0.5) is 4.39 Å². The van der Waals surface area contributed by atoms with Crippen LogP contribution in [0.25, 0.3) is 0 Å². The molecule has 0 unspecified atom stereocenters. The first kappa shape index (κ1) is 13.5. The molecule has 1 aromatic rings. The lowest BCUT2D eigenvalue weighted by molar-refractivity contribution is 0.261. The van der Waals surface area contributed by atoms with Gasteiger partial charge in [0.05, 0.1) is 18.8 Å². The van der Waals surface area contributed by atoms with Gasteiger partial charge < -0.3 is 20.3 Å². The van der Waals surface area contributed by atoms with Crippen molar-refractivity contribution in [1.82, 2.24) is 0 Å². The van der Waals surface area contributed by atoms with Gasteiger partial charge in [-0.05, 0) is 12.8 Å². The molecule has 0 saturated heterocycles. The van der Waals surface area contributed by atoms with Gasteiger partial charge in [0.25, 0.3) is 0 Å². The molecule has 1 fully saturated rings. The Morgan fingerprint density at radius 3 is 2.55 bits per heavy atom. The van der Waals surface area contributed by atoms with E-state index in [9.17, 15) is 9.50 Å². The zero-order valence-corrected chi connectivity index (χ0v) is 11.5. The van der Waals surface area contributed by atoms with Crippen LogP contribution in [0.15, 0.2) is 6.07 Å². The molecular weight excluding hydrogens is 261 g/mol. The fraction of sp³-hybridized carbons (Fsp3) is 0.600. The van der Waals surface area contributed by atoms with Crippen LogP contribution in [0, 0.1) is 5.82 Å². The average molecular weight is 281 g/mol. The van der Waals surface area contributed by atoms with Crippen LogP contribution in [-0.2, 0) is 5.54 Å². The van der Waals surface area contributed by atoms with Crippen LogP contribution < -0.4 is 15.2 Å². The van der Waals surface area contributed by atoms with E-state index in [1.165, 1.54) is 6.07 Å². The molecular formula is C15H20FNO3. The monoisotopic (exact) mass is 281 g/mol. The quantitative estimate of drug-likeness (QED) is 0.830. The third-order valence-corrected chi connectivity index (χ3v) is 4.21. The first-order chi connectivity index (χ1) is 9.62. The molecule has 4 nitrogen and oxygen atoms in total. The summed E-state index contributed by atoms with van der Waals surface area (Å²) in [6, 6.07) is 1.19. The number of nitrogens with two attached hydrogens (primary N) is 1. The van der Waals surface area contributed by atoms with E-state index in [0.717, 1.165) is 38.5 Å². The lowest BCUT2D eigenvalue weighted by Gasteiger charge is -2.35. The van der Waals surface area contributed by atoms with Crippen molar-refractivity contribution in [2.45, 2.75) is 44.1 Å². The van der Waals surface area contributed by atoms with E-state index in [4.69, 9.17) is 15.2 Å². The summed E-state index contributed by atoms with van der Waals surface area (Å²) in [4.78, 5) is 0. The highest BCUT2D eigenvalue weighted by Gasteiger charge is 2.38. The predicted octanol–water partition coefficient (Wildman–Crippen LogP) is 2.81. The van der Waals surface area contributed by atoms with E-state index in [1.807, 2.05) is 0 Å². The normalized spacial score (nSPS) is 21.3. The Hall–Kier alpha value is -1.49. The molecule has 0 radical (unpaired) electrons. The summed E-state index contributed by atoms with van der Waals surface area (Å²) in [5.74, 6) is -0.313. The van der Waals surface area contributed by atoms with Crippen LogP contribution in [0.2, 0.25) is 0 Å². The minimum Gasteiger partial charge on any atom is -0.504 e. The van der Waals surface area contributed by atoms with Crippen molar-refractivity contribution < 1.29 is 19.0 Å². The first-order valence-corrected chi connectivity index (χ1v) is 7.22. The van der Waals surface area contributed by atoms with Crippen LogP contribution in [0.5, 0.6) is 17.2 Å². The van der Waals surface area contributed by atoms with Gasteiger partial charge in [0.1, 0.15) is 0 Å². The molecule has 2 aliphatic rings. The van der Waals surface area contributed by atoms with Crippen molar-refractivity contribution in [3.8, 4) is 17.2 Å². The van der Waals surface area contributed by atoms with Gasteiger partial charge in [0.15, 0.2) is 23.1 Å². The molecule has 0 atom stereocenters. The van der Waals surface area contributed by atoms with E-state index in [1.54, 1.807) is 0 Å². The molecule has 0 aromatic heterocycles.